The zero-order chi connectivity index (χ0) is 21.9. The van der Waals surface area contributed by atoms with Crippen molar-refractivity contribution in [2.24, 2.45) is 5.92 Å². The molecule has 6 heteroatoms. The van der Waals surface area contributed by atoms with Crippen molar-refractivity contribution in [1.82, 2.24) is 5.32 Å². The largest absolute Gasteiger partial charge is 0.508 e. The van der Waals surface area contributed by atoms with E-state index in [0.29, 0.717) is 12.0 Å². The summed E-state index contributed by atoms with van der Waals surface area (Å²) in [5, 5.41) is 12.7. The first-order chi connectivity index (χ1) is 14.4. The third kappa shape index (κ3) is 7.52. The Hall–Kier alpha value is -2.86. The zero-order valence-corrected chi connectivity index (χ0v) is 17.8. The van der Waals surface area contributed by atoms with Crippen molar-refractivity contribution >= 4 is 11.9 Å². The Kier molecular flexibility index (Phi) is 9.35. The molecule has 0 aromatic heterocycles. The monoisotopic (exact) mass is 413 g/mol. The molecule has 0 spiro atoms. The summed E-state index contributed by atoms with van der Waals surface area (Å²) in [6.07, 6.45) is 0.582. The highest BCUT2D eigenvalue weighted by Crippen LogP contribution is 2.21. The van der Waals surface area contributed by atoms with Gasteiger partial charge in [-0.15, -0.1) is 0 Å². The summed E-state index contributed by atoms with van der Waals surface area (Å²) in [6, 6.07) is 15.4. The fourth-order valence-electron chi connectivity index (χ4n) is 3.11. The number of aromatic hydroxyl groups is 1. The van der Waals surface area contributed by atoms with Crippen molar-refractivity contribution in [3.05, 3.63) is 65.7 Å². The van der Waals surface area contributed by atoms with E-state index in [1.54, 1.807) is 19.1 Å². The second-order valence-electron chi connectivity index (χ2n) is 7.58. The van der Waals surface area contributed by atoms with Crippen LogP contribution in [0, 0.1) is 5.92 Å². The topological polar surface area (TPSA) is 84.9 Å². The van der Waals surface area contributed by atoms with Crippen LogP contribution in [0.4, 0.5) is 0 Å². The molecule has 0 radical (unpaired) electrons. The van der Waals surface area contributed by atoms with Gasteiger partial charge in [0, 0.05) is 6.54 Å². The molecule has 2 aromatic rings. The van der Waals surface area contributed by atoms with Gasteiger partial charge in [0.15, 0.2) is 0 Å². The Morgan fingerprint density at radius 1 is 0.967 bits per heavy atom. The molecule has 0 saturated heterocycles. The van der Waals surface area contributed by atoms with Gasteiger partial charge in [0.25, 0.3) is 0 Å². The third-order valence-corrected chi connectivity index (χ3v) is 4.65. The van der Waals surface area contributed by atoms with Crippen LogP contribution in [0.15, 0.2) is 54.6 Å². The lowest BCUT2D eigenvalue weighted by atomic mass is 9.97. The fraction of sp³-hybridized carbons (Fsp3) is 0.417. The lowest BCUT2D eigenvalue weighted by molar-refractivity contribution is -0.149. The van der Waals surface area contributed by atoms with Crippen molar-refractivity contribution in [2.45, 2.75) is 45.8 Å². The first-order valence-electron chi connectivity index (χ1n) is 10.3. The Bertz CT molecular complexity index is 789. The van der Waals surface area contributed by atoms with Crippen molar-refractivity contribution in [3.8, 4) is 5.75 Å². The zero-order valence-electron chi connectivity index (χ0n) is 17.8. The Labute approximate surface area is 178 Å². The summed E-state index contributed by atoms with van der Waals surface area (Å²) in [7, 11) is 0. The number of phenolic OH excluding ortho intramolecular Hbond substituents is 1. The van der Waals surface area contributed by atoms with E-state index in [-0.39, 0.29) is 43.4 Å². The van der Waals surface area contributed by atoms with E-state index in [0.717, 1.165) is 5.56 Å². The molecule has 0 aliphatic carbocycles. The fourth-order valence-corrected chi connectivity index (χ4v) is 3.11. The molecule has 0 amide bonds. The molecule has 6 nitrogen and oxygen atoms in total. The molecule has 0 aliphatic heterocycles. The molecule has 0 saturated carbocycles. The minimum atomic E-state index is -0.595. The highest BCUT2D eigenvalue weighted by atomic mass is 16.5. The van der Waals surface area contributed by atoms with Crippen LogP contribution < -0.4 is 5.32 Å². The highest BCUT2D eigenvalue weighted by Gasteiger charge is 2.27. The van der Waals surface area contributed by atoms with Gasteiger partial charge in [0.1, 0.15) is 18.4 Å². The lowest BCUT2D eigenvalue weighted by Gasteiger charge is -2.23. The van der Waals surface area contributed by atoms with Gasteiger partial charge in [-0.1, -0.05) is 56.3 Å². The quantitative estimate of drug-likeness (QED) is 0.545. The molecule has 2 N–H and O–H groups in total. The molecule has 0 aliphatic rings. The summed E-state index contributed by atoms with van der Waals surface area (Å²) >= 11 is 0. The second kappa shape index (κ2) is 12.0. The van der Waals surface area contributed by atoms with Crippen LogP contribution in [-0.2, 0) is 25.7 Å². The Morgan fingerprint density at radius 2 is 1.63 bits per heavy atom. The normalized spacial score (nSPS) is 12.9. The van der Waals surface area contributed by atoms with Gasteiger partial charge in [-0.3, -0.25) is 9.59 Å². The van der Waals surface area contributed by atoms with Crippen LogP contribution in [0.1, 0.15) is 44.2 Å². The molecule has 2 atom stereocenters. The predicted octanol–water partition coefficient (Wildman–Crippen LogP) is 3.79. The SMILES string of the molecule is CCOC(=O)C(CNC(CC(C)C)C(=O)OCc1ccccc1)c1ccc(O)cc1. The van der Waals surface area contributed by atoms with Crippen LogP contribution in [-0.4, -0.2) is 36.2 Å². The lowest BCUT2D eigenvalue weighted by Crippen LogP contribution is -2.42. The average molecular weight is 414 g/mol. The number of rotatable bonds is 11. The maximum Gasteiger partial charge on any atom is 0.323 e. The van der Waals surface area contributed by atoms with E-state index in [4.69, 9.17) is 9.47 Å². The van der Waals surface area contributed by atoms with Crippen LogP contribution in [0.5, 0.6) is 5.75 Å². The van der Waals surface area contributed by atoms with Crippen LogP contribution in [0.3, 0.4) is 0 Å². The van der Waals surface area contributed by atoms with E-state index >= 15 is 0 Å². The number of phenols is 1. The number of ether oxygens (including phenoxy) is 2. The standard InChI is InChI=1S/C24H31NO5/c1-4-29-23(27)21(19-10-12-20(26)13-11-19)15-25-22(14-17(2)3)24(28)30-16-18-8-6-5-7-9-18/h5-13,17,21-22,25-26H,4,14-16H2,1-3H3. The Morgan fingerprint density at radius 3 is 2.23 bits per heavy atom. The summed E-state index contributed by atoms with van der Waals surface area (Å²) in [4.78, 5) is 25.2. The molecule has 0 fully saturated rings. The molecule has 2 aromatic carbocycles. The van der Waals surface area contributed by atoms with Crippen LogP contribution >= 0.6 is 0 Å². The van der Waals surface area contributed by atoms with Crippen molar-refractivity contribution < 1.29 is 24.2 Å². The molecule has 162 valence electrons. The maximum atomic E-state index is 12.7. The van der Waals surface area contributed by atoms with E-state index in [1.165, 1.54) is 12.1 Å². The van der Waals surface area contributed by atoms with Gasteiger partial charge < -0.3 is 19.9 Å². The van der Waals surface area contributed by atoms with E-state index in [2.05, 4.69) is 5.32 Å². The number of carbonyl (C=O) groups is 2. The number of nitrogens with one attached hydrogen (secondary N) is 1. The van der Waals surface area contributed by atoms with Crippen molar-refractivity contribution in [3.63, 3.8) is 0 Å². The smallest absolute Gasteiger partial charge is 0.323 e. The van der Waals surface area contributed by atoms with Gasteiger partial charge in [-0.25, -0.2) is 0 Å². The van der Waals surface area contributed by atoms with Gasteiger partial charge in [-0.05, 0) is 42.5 Å². The predicted molar refractivity (Wildman–Crippen MR) is 115 cm³/mol. The average Bonchev–Trinajstić information content (AvgIpc) is 2.73. The van der Waals surface area contributed by atoms with Crippen LogP contribution in [0.2, 0.25) is 0 Å². The number of hydrogen-bond acceptors (Lipinski definition) is 6. The van der Waals surface area contributed by atoms with Gasteiger partial charge in [0.05, 0.1) is 12.5 Å². The van der Waals surface area contributed by atoms with Gasteiger partial charge >= 0.3 is 11.9 Å². The van der Waals surface area contributed by atoms with Crippen LogP contribution in [0.25, 0.3) is 0 Å². The Balaban J connectivity index is 2.07. The van der Waals surface area contributed by atoms with Gasteiger partial charge in [-0.2, -0.15) is 0 Å². The van der Waals surface area contributed by atoms with Gasteiger partial charge in [0.2, 0.25) is 0 Å². The number of carbonyl (C=O) groups excluding carboxylic acids is 2. The van der Waals surface area contributed by atoms with E-state index in [1.807, 2.05) is 44.2 Å². The number of hydrogen-bond donors (Lipinski definition) is 2. The molecule has 30 heavy (non-hydrogen) atoms. The van der Waals surface area contributed by atoms with E-state index in [9.17, 15) is 14.7 Å². The molecule has 0 bridgehead atoms. The third-order valence-electron chi connectivity index (χ3n) is 4.65. The summed E-state index contributed by atoms with van der Waals surface area (Å²) in [6.45, 7) is 6.50. The number of benzene rings is 2. The second-order valence-corrected chi connectivity index (χ2v) is 7.58. The van der Waals surface area contributed by atoms with Crippen molar-refractivity contribution in [2.75, 3.05) is 13.2 Å². The first-order valence-corrected chi connectivity index (χ1v) is 10.3. The molecular formula is C24H31NO5. The first kappa shape index (κ1) is 23.4. The van der Waals surface area contributed by atoms with E-state index < -0.39 is 12.0 Å². The highest BCUT2D eigenvalue weighted by molar-refractivity contribution is 5.79. The summed E-state index contributed by atoms with van der Waals surface area (Å²) in [5.74, 6) is -0.933. The molecule has 2 rings (SSSR count). The molecule has 2 unspecified atom stereocenters. The minimum Gasteiger partial charge on any atom is -0.508 e. The minimum absolute atomic E-state index is 0.122. The summed E-state index contributed by atoms with van der Waals surface area (Å²) in [5.41, 5.74) is 1.63. The molecular weight excluding hydrogens is 382 g/mol. The number of esters is 2. The maximum absolute atomic E-state index is 12.7. The molecule has 0 heterocycles. The summed E-state index contributed by atoms with van der Waals surface area (Å²) < 4.78 is 10.7. The van der Waals surface area contributed by atoms with Crippen molar-refractivity contribution in [1.29, 1.82) is 0 Å².